The zero-order chi connectivity index (χ0) is 20.1. The summed E-state index contributed by atoms with van der Waals surface area (Å²) in [6.45, 7) is 0.879. The van der Waals surface area contributed by atoms with Gasteiger partial charge < -0.3 is 19.5 Å². The van der Waals surface area contributed by atoms with Crippen LogP contribution in [0, 0.1) is 0 Å². The highest BCUT2D eigenvalue weighted by Gasteiger charge is 2.19. The van der Waals surface area contributed by atoms with Crippen molar-refractivity contribution in [2.24, 2.45) is 0 Å². The normalized spacial score (nSPS) is 12.0. The molecule has 7 heteroatoms. The number of imide groups is 1. The SMILES string of the molecule is O=CN(C(=O)Nc1cccc(Oc2ccccc2)c1)c1ccc2c(c1)OCCO2. The molecule has 3 amide bonds. The fourth-order valence-corrected chi connectivity index (χ4v) is 2.85. The number of rotatable bonds is 5. The van der Waals surface area contributed by atoms with Gasteiger partial charge in [0.05, 0.1) is 5.69 Å². The average molecular weight is 390 g/mol. The molecule has 0 saturated heterocycles. The van der Waals surface area contributed by atoms with Crippen molar-refractivity contribution < 1.29 is 23.8 Å². The molecule has 0 unspecified atom stereocenters. The smallest absolute Gasteiger partial charge is 0.332 e. The number of benzene rings is 3. The number of nitrogens with one attached hydrogen (secondary N) is 1. The number of hydrogen-bond donors (Lipinski definition) is 1. The number of fused-ring (bicyclic) bond motifs is 1. The number of para-hydroxylation sites is 1. The Bertz CT molecular complexity index is 1020. The topological polar surface area (TPSA) is 77.1 Å². The minimum atomic E-state index is -0.603. The molecule has 1 aliphatic heterocycles. The van der Waals surface area contributed by atoms with Crippen LogP contribution in [-0.2, 0) is 4.79 Å². The molecule has 0 saturated carbocycles. The molecule has 0 spiro atoms. The number of ether oxygens (including phenoxy) is 3. The van der Waals surface area contributed by atoms with Crippen molar-refractivity contribution >= 4 is 23.8 Å². The number of hydrogen-bond acceptors (Lipinski definition) is 5. The maximum absolute atomic E-state index is 12.7. The van der Waals surface area contributed by atoms with Crippen LogP contribution in [0.3, 0.4) is 0 Å². The van der Waals surface area contributed by atoms with Crippen LogP contribution in [-0.4, -0.2) is 25.7 Å². The van der Waals surface area contributed by atoms with Crippen LogP contribution in [0.1, 0.15) is 0 Å². The number of urea groups is 1. The summed E-state index contributed by atoms with van der Waals surface area (Å²) in [5.41, 5.74) is 0.867. The van der Waals surface area contributed by atoms with E-state index in [0.29, 0.717) is 54.0 Å². The largest absolute Gasteiger partial charge is 0.486 e. The first kappa shape index (κ1) is 18.4. The van der Waals surface area contributed by atoms with Gasteiger partial charge in [-0.1, -0.05) is 24.3 Å². The molecule has 0 fully saturated rings. The van der Waals surface area contributed by atoms with Gasteiger partial charge in [-0.3, -0.25) is 4.79 Å². The van der Waals surface area contributed by atoms with E-state index in [0.717, 1.165) is 4.90 Å². The van der Waals surface area contributed by atoms with Crippen LogP contribution in [0.15, 0.2) is 72.8 Å². The van der Waals surface area contributed by atoms with Crippen LogP contribution in [0.25, 0.3) is 0 Å². The van der Waals surface area contributed by atoms with Gasteiger partial charge in [0.1, 0.15) is 24.7 Å². The quantitative estimate of drug-likeness (QED) is 0.652. The zero-order valence-electron chi connectivity index (χ0n) is 15.4. The molecule has 1 aliphatic rings. The lowest BCUT2D eigenvalue weighted by molar-refractivity contribution is -0.106. The van der Waals surface area contributed by atoms with E-state index < -0.39 is 6.03 Å². The minimum Gasteiger partial charge on any atom is -0.486 e. The van der Waals surface area contributed by atoms with Crippen LogP contribution < -0.4 is 24.4 Å². The molecule has 0 atom stereocenters. The molecule has 29 heavy (non-hydrogen) atoms. The van der Waals surface area contributed by atoms with E-state index >= 15 is 0 Å². The summed E-state index contributed by atoms with van der Waals surface area (Å²) >= 11 is 0. The van der Waals surface area contributed by atoms with E-state index in [1.807, 2.05) is 30.3 Å². The third-order valence-corrected chi connectivity index (χ3v) is 4.19. The Kier molecular flexibility index (Phi) is 5.29. The van der Waals surface area contributed by atoms with Crippen molar-refractivity contribution in [1.29, 1.82) is 0 Å². The molecule has 4 rings (SSSR count). The van der Waals surface area contributed by atoms with Crippen molar-refractivity contribution in [1.82, 2.24) is 0 Å². The number of carbonyl (C=O) groups excluding carboxylic acids is 2. The second-order valence-corrected chi connectivity index (χ2v) is 6.18. The van der Waals surface area contributed by atoms with E-state index in [-0.39, 0.29) is 0 Å². The highest BCUT2D eigenvalue weighted by molar-refractivity contribution is 6.12. The Labute approximate surface area is 167 Å². The molecule has 0 radical (unpaired) electrons. The molecule has 3 aromatic rings. The first-order chi connectivity index (χ1) is 14.2. The van der Waals surface area contributed by atoms with Crippen molar-refractivity contribution in [3.05, 3.63) is 72.8 Å². The van der Waals surface area contributed by atoms with Crippen molar-refractivity contribution in [2.75, 3.05) is 23.4 Å². The van der Waals surface area contributed by atoms with Gasteiger partial charge in [-0.15, -0.1) is 0 Å². The molecule has 3 aromatic carbocycles. The Balaban J connectivity index is 1.49. The molecule has 1 heterocycles. The summed E-state index contributed by atoms with van der Waals surface area (Å²) in [6, 6.07) is 20.5. The summed E-state index contributed by atoms with van der Waals surface area (Å²) in [5.74, 6) is 2.32. The Hall–Kier alpha value is -4.00. The van der Waals surface area contributed by atoms with Gasteiger partial charge in [0.2, 0.25) is 6.41 Å². The molecule has 7 nitrogen and oxygen atoms in total. The monoisotopic (exact) mass is 390 g/mol. The fourth-order valence-electron chi connectivity index (χ4n) is 2.85. The molecule has 0 aromatic heterocycles. The Morgan fingerprint density at radius 3 is 2.45 bits per heavy atom. The predicted molar refractivity (Wildman–Crippen MR) is 108 cm³/mol. The van der Waals surface area contributed by atoms with E-state index in [9.17, 15) is 9.59 Å². The van der Waals surface area contributed by atoms with E-state index in [1.165, 1.54) is 0 Å². The highest BCUT2D eigenvalue weighted by Crippen LogP contribution is 2.34. The highest BCUT2D eigenvalue weighted by atomic mass is 16.6. The number of carbonyl (C=O) groups is 2. The van der Waals surface area contributed by atoms with Gasteiger partial charge in [-0.25, -0.2) is 9.69 Å². The van der Waals surface area contributed by atoms with Gasteiger partial charge in [-0.05, 0) is 36.4 Å². The Morgan fingerprint density at radius 1 is 0.897 bits per heavy atom. The maximum Gasteiger partial charge on any atom is 0.332 e. The van der Waals surface area contributed by atoms with Crippen LogP contribution in [0.4, 0.5) is 16.2 Å². The summed E-state index contributed by atoms with van der Waals surface area (Å²) in [4.78, 5) is 25.2. The standard InChI is InChI=1S/C22H18N2O5/c25-15-24(17-9-10-20-21(14-17)28-12-11-27-20)22(26)23-16-5-4-8-19(13-16)29-18-6-2-1-3-7-18/h1-10,13-15H,11-12H2,(H,23,26). The van der Waals surface area contributed by atoms with Crippen molar-refractivity contribution in [3.8, 4) is 23.0 Å². The van der Waals surface area contributed by atoms with Gasteiger partial charge in [0, 0.05) is 17.8 Å². The lowest BCUT2D eigenvalue weighted by Gasteiger charge is -2.21. The summed E-state index contributed by atoms with van der Waals surface area (Å²) in [7, 11) is 0. The van der Waals surface area contributed by atoms with Gasteiger partial charge >= 0.3 is 6.03 Å². The third kappa shape index (κ3) is 4.30. The molecular formula is C22H18N2O5. The van der Waals surface area contributed by atoms with Gasteiger partial charge in [-0.2, -0.15) is 0 Å². The number of amides is 3. The van der Waals surface area contributed by atoms with Gasteiger partial charge in [0.15, 0.2) is 11.5 Å². The van der Waals surface area contributed by atoms with Gasteiger partial charge in [0.25, 0.3) is 0 Å². The van der Waals surface area contributed by atoms with E-state index in [1.54, 1.807) is 42.5 Å². The second-order valence-electron chi connectivity index (χ2n) is 6.18. The molecule has 146 valence electrons. The van der Waals surface area contributed by atoms with E-state index in [4.69, 9.17) is 14.2 Å². The number of nitrogens with zero attached hydrogens (tertiary/aromatic N) is 1. The molecule has 1 N–H and O–H groups in total. The van der Waals surface area contributed by atoms with Crippen molar-refractivity contribution in [2.45, 2.75) is 0 Å². The maximum atomic E-state index is 12.7. The summed E-state index contributed by atoms with van der Waals surface area (Å²) in [6.07, 6.45) is 0.449. The lowest BCUT2D eigenvalue weighted by Crippen LogP contribution is -2.33. The minimum absolute atomic E-state index is 0.374. The molecule has 0 bridgehead atoms. The molecule has 0 aliphatic carbocycles. The fraction of sp³-hybridized carbons (Fsp3) is 0.0909. The van der Waals surface area contributed by atoms with E-state index in [2.05, 4.69) is 5.32 Å². The van der Waals surface area contributed by atoms with Crippen LogP contribution in [0.5, 0.6) is 23.0 Å². The number of anilines is 2. The second kappa shape index (κ2) is 8.35. The average Bonchev–Trinajstić information content (AvgIpc) is 2.75. The summed E-state index contributed by atoms with van der Waals surface area (Å²) < 4.78 is 16.7. The first-order valence-electron chi connectivity index (χ1n) is 9.01. The summed E-state index contributed by atoms with van der Waals surface area (Å²) in [5, 5.41) is 2.70. The Morgan fingerprint density at radius 2 is 1.66 bits per heavy atom. The third-order valence-electron chi connectivity index (χ3n) is 4.19. The first-order valence-corrected chi connectivity index (χ1v) is 9.01. The zero-order valence-corrected chi connectivity index (χ0v) is 15.4. The van der Waals surface area contributed by atoms with Crippen molar-refractivity contribution in [3.63, 3.8) is 0 Å². The lowest BCUT2D eigenvalue weighted by atomic mass is 10.2. The molecular weight excluding hydrogens is 372 g/mol. The predicted octanol–water partition coefficient (Wildman–Crippen LogP) is 4.45. The van der Waals surface area contributed by atoms with Crippen LogP contribution in [0.2, 0.25) is 0 Å². The van der Waals surface area contributed by atoms with Crippen LogP contribution >= 0.6 is 0 Å².